The summed E-state index contributed by atoms with van der Waals surface area (Å²) in [6.07, 6.45) is 1.97. The van der Waals surface area contributed by atoms with Crippen LogP contribution in [0.1, 0.15) is 34.3 Å². The molecule has 0 amide bonds. The number of methoxy groups -OCH3 is 1. The van der Waals surface area contributed by atoms with Crippen molar-refractivity contribution in [3.05, 3.63) is 27.2 Å². The van der Waals surface area contributed by atoms with E-state index in [4.69, 9.17) is 4.74 Å². The van der Waals surface area contributed by atoms with Crippen molar-refractivity contribution < 1.29 is 9.53 Å². The molecule has 1 unspecified atom stereocenters. The van der Waals surface area contributed by atoms with Crippen LogP contribution in [0.3, 0.4) is 0 Å². The van der Waals surface area contributed by atoms with Crippen LogP contribution in [-0.4, -0.2) is 25.5 Å². The molecule has 0 spiro atoms. The molecule has 1 saturated heterocycles. The van der Waals surface area contributed by atoms with Crippen molar-refractivity contribution in [2.45, 2.75) is 32.7 Å². The van der Waals surface area contributed by atoms with Crippen LogP contribution in [0.4, 0.5) is 0 Å². The molecule has 18 heavy (non-hydrogen) atoms. The van der Waals surface area contributed by atoms with Gasteiger partial charge in [0.2, 0.25) is 0 Å². The first-order chi connectivity index (χ1) is 8.56. The summed E-state index contributed by atoms with van der Waals surface area (Å²) in [5, 5.41) is 3.25. The van der Waals surface area contributed by atoms with Crippen LogP contribution < -0.4 is 10.1 Å². The largest absolute Gasteiger partial charge is 0.496 e. The first kappa shape index (κ1) is 13.6. The molecule has 0 aromatic heterocycles. The Morgan fingerprint density at radius 3 is 2.78 bits per heavy atom. The number of Topliss-reactive ketones (excluding diaryl/α,β-unsaturated/α-hetero) is 1. The number of ether oxygens (including phenoxy) is 1. The van der Waals surface area contributed by atoms with E-state index in [0.29, 0.717) is 11.3 Å². The fourth-order valence-electron chi connectivity index (χ4n) is 2.49. The van der Waals surface area contributed by atoms with E-state index in [1.165, 1.54) is 0 Å². The number of nitrogens with one attached hydrogen (secondary N) is 1. The normalized spacial score (nSPS) is 19.0. The summed E-state index contributed by atoms with van der Waals surface area (Å²) in [5.41, 5.74) is 2.65. The SMILES string of the molecule is COc1c(C)cc(Br)c(C)c1C(=O)C1CCCN1. The molecule has 1 N–H and O–H groups in total. The second kappa shape index (κ2) is 5.41. The van der Waals surface area contributed by atoms with E-state index >= 15 is 0 Å². The molecule has 1 fully saturated rings. The summed E-state index contributed by atoms with van der Waals surface area (Å²) >= 11 is 3.51. The number of benzene rings is 1. The summed E-state index contributed by atoms with van der Waals surface area (Å²) in [4.78, 5) is 12.6. The second-order valence-electron chi connectivity index (χ2n) is 4.72. The molecule has 0 saturated carbocycles. The van der Waals surface area contributed by atoms with Gasteiger partial charge in [-0.25, -0.2) is 0 Å². The van der Waals surface area contributed by atoms with Gasteiger partial charge in [-0.1, -0.05) is 15.9 Å². The van der Waals surface area contributed by atoms with Crippen molar-refractivity contribution in [3.8, 4) is 5.75 Å². The highest BCUT2D eigenvalue weighted by Crippen LogP contribution is 2.33. The lowest BCUT2D eigenvalue weighted by Crippen LogP contribution is -2.31. The lowest BCUT2D eigenvalue weighted by atomic mass is 9.95. The van der Waals surface area contributed by atoms with Crippen molar-refractivity contribution >= 4 is 21.7 Å². The molecular formula is C14H18BrNO2. The van der Waals surface area contributed by atoms with Crippen LogP contribution in [0.25, 0.3) is 0 Å². The summed E-state index contributed by atoms with van der Waals surface area (Å²) in [7, 11) is 1.62. The van der Waals surface area contributed by atoms with Gasteiger partial charge in [0.15, 0.2) is 5.78 Å². The summed E-state index contributed by atoms with van der Waals surface area (Å²) in [6.45, 7) is 4.83. The number of hydrogen-bond acceptors (Lipinski definition) is 3. The minimum Gasteiger partial charge on any atom is -0.496 e. The lowest BCUT2D eigenvalue weighted by molar-refractivity contribution is 0.0948. The van der Waals surface area contributed by atoms with Gasteiger partial charge in [-0.15, -0.1) is 0 Å². The summed E-state index contributed by atoms with van der Waals surface area (Å²) in [6, 6.07) is 1.93. The number of hydrogen-bond donors (Lipinski definition) is 1. The summed E-state index contributed by atoms with van der Waals surface area (Å²) < 4.78 is 6.38. The van der Waals surface area contributed by atoms with Crippen molar-refractivity contribution in [2.75, 3.05) is 13.7 Å². The molecule has 0 aliphatic carbocycles. The number of aryl methyl sites for hydroxylation is 1. The standard InChI is InChI=1S/C14H18BrNO2/c1-8-7-10(15)9(2)12(14(8)18-3)13(17)11-5-4-6-16-11/h7,11,16H,4-6H2,1-3H3. The van der Waals surface area contributed by atoms with Gasteiger partial charge in [-0.2, -0.15) is 0 Å². The number of halogens is 1. The molecule has 98 valence electrons. The average Bonchev–Trinajstić information content (AvgIpc) is 2.86. The highest BCUT2D eigenvalue weighted by molar-refractivity contribution is 9.10. The Bertz CT molecular complexity index is 479. The van der Waals surface area contributed by atoms with E-state index in [1.807, 2.05) is 19.9 Å². The van der Waals surface area contributed by atoms with Crippen molar-refractivity contribution in [1.82, 2.24) is 5.32 Å². The van der Waals surface area contributed by atoms with Crippen molar-refractivity contribution in [1.29, 1.82) is 0 Å². The van der Waals surface area contributed by atoms with Gasteiger partial charge in [-0.3, -0.25) is 4.79 Å². The summed E-state index contributed by atoms with van der Waals surface area (Å²) in [5.74, 6) is 0.848. The lowest BCUT2D eigenvalue weighted by Gasteiger charge is -2.17. The third-order valence-corrected chi connectivity index (χ3v) is 4.31. The molecule has 1 aliphatic heterocycles. The van der Waals surface area contributed by atoms with Gasteiger partial charge in [0.25, 0.3) is 0 Å². The highest BCUT2D eigenvalue weighted by atomic mass is 79.9. The Hall–Kier alpha value is -0.870. The predicted molar refractivity (Wildman–Crippen MR) is 75.5 cm³/mol. The molecule has 0 bridgehead atoms. The molecule has 0 radical (unpaired) electrons. The van der Waals surface area contributed by atoms with Gasteiger partial charge in [0.1, 0.15) is 5.75 Å². The minimum absolute atomic E-state index is 0.0636. The number of rotatable bonds is 3. The van der Waals surface area contributed by atoms with E-state index < -0.39 is 0 Å². The maximum absolute atomic E-state index is 12.6. The van der Waals surface area contributed by atoms with E-state index in [0.717, 1.165) is 35.0 Å². The Morgan fingerprint density at radius 1 is 1.50 bits per heavy atom. The molecule has 1 heterocycles. The number of carbonyl (C=O) groups excluding carboxylic acids is 1. The van der Waals surface area contributed by atoms with Gasteiger partial charge >= 0.3 is 0 Å². The van der Waals surface area contributed by atoms with Gasteiger partial charge in [0.05, 0.1) is 18.7 Å². The zero-order valence-electron chi connectivity index (χ0n) is 11.0. The number of ketones is 1. The van der Waals surface area contributed by atoms with Crippen LogP contribution in [0.15, 0.2) is 10.5 Å². The first-order valence-corrected chi connectivity index (χ1v) is 6.96. The van der Waals surface area contributed by atoms with Crippen LogP contribution in [0.2, 0.25) is 0 Å². The van der Waals surface area contributed by atoms with Crippen LogP contribution in [0, 0.1) is 13.8 Å². The molecule has 1 aromatic carbocycles. The molecule has 1 aromatic rings. The average molecular weight is 312 g/mol. The zero-order valence-corrected chi connectivity index (χ0v) is 12.6. The monoisotopic (exact) mass is 311 g/mol. The Balaban J connectivity index is 2.50. The van der Waals surface area contributed by atoms with E-state index in [-0.39, 0.29) is 11.8 Å². The minimum atomic E-state index is -0.0636. The van der Waals surface area contributed by atoms with E-state index in [1.54, 1.807) is 7.11 Å². The highest BCUT2D eigenvalue weighted by Gasteiger charge is 2.28. The molecule has 1 atom stereocenters. The first-order valence-electron chi connectivity index (χ1n) is 6.17. The van der Waals surface area contributed by atoms with E-state index in [9.17, 15) is 4.79 Å². The fraction of sp³-hybridized carbons (Fsp3) is 0.500. The van der Waals surface area contributed by atoms with Crippen LogP contribution >= 0.6 is 15.9 Å². The number of carbonyl (C=O) groups is 1. The third-order valence-electron chi connectivity index (χ3n) is 3.49. The van der Waals surface area contributed by atoms with Gasteiger partial charge in [-0.05, 0) is 50.4 Å². The fourth-order valence-corrected chi connectivity index (χ4v) is 3.03. The van der Waals surface area contributed by atoms with Gasteiger partial charge in [0, 0.05) is 4.47 Å². The quantitative estimate of drug-likeness (QED) is 0.872. The van der Waals surface area contributed by atoms with Crippen molar-refractivity contribution in [2.24, 2.45) is 0 Å². The Kier molecular flexibility index (Phi) is 4.07. The van der Waals surface area contributed by atoms with E-state index in [2.05, 4.69) is 21.2 Å². The maximum atomic E-state index is 12.6. The van der Waals surface area contributed by atoms with Crippen LogP contribution in [0.5, 0.6) is 5.75 Å². The second-order valence-corrected chi connectivity index (χ2v) is 5.58. The molecule has 4 heteroatoms. The molecule has 3 nitrogen and oxygen atoms in total. The Labute approximate surface area is 116 Å². The smallest absolute Gasteiger partial charge is 0.183 e. The zero-order chi connectivity index (χ0) is 13.3. The molecule has 1 aliphatic rings. The Morgan fingerprint density at radius 2 is 2.22 bits per heavy atom. The molecular weight excluding hydrogens is 294 g/mol. The maximum Gasteiger partial charge on any atom is 0.183 e. The molecule has 2 rings (SSSR count). The predicted octanol–water partition coefficient (Wildman–Crippen LogP) is 3.01. The van der Waals surface area contributed by atoms with Crippen LogP contribution in [-0.2, 0) is 0 Å². The topological polar surface area (TPSA) is 38.3 Å². The third kappa shape index (κ3) is 2.31. The van der Waals surface area contributed by atoms with Gasteiger partial charge < -0.3 is 10.1 Å². The van der Waals surface area contributed by atoms with Crippen molar-refractivity contribution in [3.63, 3.8) is 0 Å².